The highest BCUT2D eigenvalue weighted by atomic mass is 16.5. The van der Waals surface area contributed by atoms with Crippen LogP contribution in [0.5, 0.6) is 0 Å². The Morgan fingerprint density at radius 2 is 1.67 bits per heavy atom. The van der Waals surface area contributed by atoms with E-state index in [0.29, 0.717) is 18.2 Å². The summed E-state index contributed by atoms with van der Waals surface area (Å²) in [6.45, 7) is 4.16. The largest absolute Gasteiger partial charge is 0.375 e. The molecule has 1 heterocycles. The van der Waals surface area contributed by atoms with Gasteiger partial charge in [0, 0.05) is 6.04 Å². The van der Waals surface area contributed by atoms with Gasteiger partial charge < -0.3 is 10.5 Å². The Labute approximate surface area is 56.4 Å². The maximum absolute atomic E-state index is 5.74. The van der Waals surface area contributed by atoms with Crippen LogP contribution in [-0.2, 0) is 4.74 Å². The van der Waals surface area contributed by atoms with Crippen LogP contribution in [-0.4, -0.2) is 18.2 Å². The molecule has 2 unspecified atom stereocenters. The van der Waals surface area contributed by atoms with Gasteiger partial charge in [-0.3, -0.25) is 0 Å². The van der Waals surface area contributed by atoms with E-state index in [0.717, 1.165) is 12.8 Å². The molecular weight excluding hydrogens is 114 g/mol. The van der Waals surface area contributed by atoms with E-state index in [9.17, 15) is 0 Å². The number of nitrogens with two attached hydrogens (primary N) is 1. The average Bonchev–Trinajstić information content (AvgIpc) is 1.59. The lowest BCUT2D eigenvalue weighted by atomic mass is 10.0. The second-order valence-electron chi connectivity index (χ2n) is 2.99. The van der Waals surface area contributed by atoms with Crippen molar-refractivity contribution >= 4 is 0 Å². The quantitative estimate of drug-likeness (QED) is 0.527. The topological polar surface area (TPSA) is 35.2 Å². The number of hydrogen-bond donors (Lipinski definition) is 1. The van der Waals surface area contributed by atoms with Gasteiger partial charge in [0.1, 0.15) is 0 Å². The molecule has 0 aromatic carbocycles. The Kier molecular flexibility index (Phi) is 2.09. The van der Waals surface area contributed by atoms with Crippen molar-refractivity contribution in [1.29, 1.82) is 0 Å². The zero-order valence-corrected chi connectivity index (χ0v) is 6.13. The van der Waals surface area contributed by atoms with Crippen molar-refractivity contribution in [2.75, 3.05) is 0 Å². The van der Waals surface area contributed by atoms with E-state index in [2.05, 4.69) is 13.8 Å². The van der Waals surface area contributed by atoms with E-state index < -0.39 is 0 Å². The molecule has 0 radical (unpaired) electrons. The van der Waals surface area contributed by atoms with E-state index >= 15 is 0 Å². The van der Waals surface area contributed by atoms with Gasteiger partial charge in [-0.25, -0.2) is 0 Å². The summed E-state index contributed by atoms with van der Waals surface area (Å²) in [6.07, 6.45) is 2.77. The molecule has 0 spiro atoms. The molecule has 1 aliphatic rings. The molecule has 9 heavy (non-hydrogen) atoms. The summed E-state index contributed by atoms with van der Waals surface area (Å²) in [5, 5.41) is 0. The van der Waals surface area contributed by atoms with Gasteiger partial charge in [-0.2, -0.15) is 0 Å². The molecule has 1 rings (SSSR count). The average molecular weight is 129 g/mol. The fourth-order valence-electron chi connectivity index (χ4n) is 1.46. The minimum absolute atomic E-state index is 0.365. The maximum atomic E-state index is 5.74. The van der Waals surface area contributed by atoms with Gasteiger partial charge in [-0.15, -0.1) is 0 Å². The van der Waals surface area contributed by atoms with Gasteiger partial charge in [0.25, 0.3) is 0 Å². The van der Waals surface area contributed by atoms with E-state index in [1.165, 1.54) is 0 Å². The monoisotopic (exact) mass is 129 g/mol. The van der Waals surface area contributed by atoms with Crippen LogP contribution in [0.15, 0.2) is 0 Å². The normalized spacial score (nSPS) is 45.0. The van der Waals surface area contributed by atoms with Gasteiger partial charge in [0.05, 0.1) is 12.2 Å². The third-order valence-corrected chi connectivity index (χ3v) is 1.73. The molecule has 1 fully saturated rings. The molecule has 0 aromatic heterocycles. The molecule has 3 atom stereocenters. The first-order valence-corrected chi connectivity index (χ1v) is 3.59. The Hall–Kier alpha value is -0.0800. The number of rotatable bonds is 0. The van der Waals surface area contributed by atoms with E-state index in [-0.39, 0.29) is 0 Å². The van der Waals surface area contributed by atoms with Gasteiger partial charge in [0.15, 0.2) is 0 Å². The molecule has 2 nitrogen and oxygen atoms in total. The smallest absolute Gasteiger partial charge is 0.0565 e. The summed E-state index contributed by atoms with van der Waals surface area (Å²) in [5.41, 5.74) is 5.74. The minimum atomic E-state index is 0.365. The standard InChI is InChI=1S/C7H15NO/c1-5-3-7(8)4-6(2)9-5/h5-7H,3-4,8H2,1-2H3/t5-,6?,7?/m0/s1. The maximum Gasteiger partial charge on any atom is 0.0565 e. The second kappa shape index (κ2) is 2.67. The van der Waals surface area contributed by atoms with E-state index in [1.54, 1.807) is 0 Å². The van der Waals surface area contributed by atoms with Crippen LogP contribution in [0.3, 0.4) is 0 Å². The molecule has 0 aromatic rings. The predicted octanol–water partition coefficient (Wildman–Crippen LogP) is 0.901. The minimum Gasteiger partial charge on any atom is -0.375 e. The Morgan fingerprint density at radius 3 is 2.00 bits per heavy atom. The zero-order chi connectivity index (χ0) is 6.85. The van der Waals surface area contributed by atoms with Crippen molar-refractivity contribution in [1.82, 2.24) is 0 Å². The Bertz CT molecular complexity index is 69.9. The summed E-state index contributed by atoms with van der Waals surface area (Å²) in [5.74, 6) is 0. The van der Waals surface area contributed by atoms with Gasteiger partial charge in [-0.1, -0.05) is 0 Å². The molecule has 0 bridgehead atoms. The molecule has 0 saturated carbocycles. The summed E-state index contributed by atoms with van der Waals surface area (Å²) in [6, 6.07) is 0.365. The molecule has 1 aliphatic heterocycles. The molecular formula is C7H15NO. The van der Waals surface area contributed by atoms with Crippen molar-refractivity contribution in [2.45, 2.75) is 44.9 Å². The molecule has 54 valence electrons. The van der Waals surface area contributed by atoms with Crippen LogP contribution >= 0.6 is 0 Å². The highest BCUT2D eigenvalue weighted by Gasteiger charge is 2.20. The van der Waals surface area contributed by atoms with Crippen molar-refractivity contribution < 1.29 is 4.74 Å². The van der Waals surface area contributed by atoms with Crippen LogP contribution in [0.1, 0.15) is 26.7 Å². The second-order valence-corrected chi connectivity index (χ2v) is 2.99. The first-order valence-electron chi connectivity index (χ1n) is 3.59. The summed E-state index contributed by atoms with van der Waals surface area (Å²) in [7, 11) is 0. The fraction of sp³-hybridized carbons (Fsp3) is 1.00. The molecule has 1 saturated heterocycles. The zero-order valence-electron chi connectivity index (χ0n) is 6.13. The van der Waals surface area contributed by atoms with Crippen molar-refractivity contribution in [2.24, 2.45) is 5.73 Å². The fourth-order valence-corrected chi connectivity index (χ4v) is 1.46. The van der Waals surface area contributed by atoms with Gasteiger partial charge in [-0.05, 0) is 26.7 Å². The van der Waals surface area contributed by atoms with Crippen molar-refractivity contribution in [3.8, 4) is 0 Å². The summed E-state index contributed by atoms with van der Waals surface area (Å²) < 4.78 is 5.48. The van der Waals surface area contributed by atoms with Gasteiger partial charge in [0.2, 0.25) is 0 Å². The van der Waals surface area contributed by atoms with Crippen LogP contribution < -0.4 is 5.73 Å². The van der Waals surface area contributed by atoms with Crippen molar-refractivity contribution in [3.63, 3.8) is 0 Å². The van der Waals surface area contributed by atoms with Gasteiger partial charge >= 0.3 is 0 Å². The molecule has 2 N–H and O–H groups in total. The van der Waals surface area contributed by atoms with Crippen LogP contribution in [0.2, 0.25) is 0 Å². The molecule has 2 heteroatoms. The summed E-state index contributed by atoms with van der Waals surface area (Å²) >= 11 is 0. The summed E-state index contributed by atoms with van der Waals surface area (Å²) in [4.78, 5) is 0. The number of ether oxygens (including phenoxy) is 1. The van der Waals surface area contributed by atoms with E-state index in [1.807, 2.05) is 0 Å². The predicted molar refractivity (Wildman–Crippen MR) is 37.2 cm³/mol. The third-order valence-electron chi connectivity index (χ3n) is 1.73. The highest BCUT2D eigenvalue weighted by molar-refractivity contribution is 4.74. The number of hydrogen-bond acceptors (Lipinski definition) is 2. The Morgan fingerprint density at radius 1 is 1.22 bits per heavy atom. The molecule has 0 aliphatic carbocycles. The van der Waals surface area contributed by atoms with Crippen LogP contribution in [0.4, 0.5) is 0 Å². The lowest BCUT2D eigenvalue weighted by molar-refractivity contribution is -0.0365. The van der Waals surface area contributed by atoms with Crippen LogP contribution in [0, 0.1) is 0 Å². The Balaban J connectivity index is 2.34. The van der Waals surface area contributed by atoms with Crippen molar-refractivity contribution in [3.05, 3.63) is 0 Å². The first-order chi connectivity index (χ1) is 4.18. The first kappa shape index (κ1) is 7.03. The SMILES string of the molecule is CC1CC(N)C[C@H](C)O1. The highest BCUT2D eigenvalue weighted by Crippen LogP contribution is 2.16. The lowest BCUT2D eigenvalue weighted by Crippen LogP contribution is -2.37. The lowest BCUT2D eigenvalue weighted by Gasteiger charge is -2.29. The van der Waals surface area contributed by atoms with E-state index in [4.69, 9.17) is 10.5 Å². The van der Waals surface area contributed by atoms with Crippen LogP contribution in [0.25, 0.3) is 0 Å². The molecule has 0 amide bonds. The third kappa shape index (κ3) is 1.95.